The number of benzene rings is 1. The Morgan fingerprint density at radius 2 is 2.15 bits per heavy atom. The lowest BCUT2D eigenvalue weighted by molar-refractivity contribution is 0.0697. The minimum absolute atomic E-state index is 0.122. The van der Waals surface area contributed by atoms with Gasteiger partial charge in [-0.2, -0.15) is 4.98 Å². The molecule has 1 aromatic heterocycles. The van der Waals surface area contributed by atoms with Crippen molar-refractivity contribution in [3.8, 4) is 17.6 Å². The Bertz CT molecular complexity index is 661. The Morgan fingerprint density at radius 3 is 2.75 bits per heavy atom. The van der Waals surface area contributed by atoms with E-state index in [9.17, 15) is 4.79 Å². The van der Waals surface area contributed by atoms with E-state index in [0.717, 1.165) is 0 Å². The number of aromatic carboxylic acids is 1. The summed E-state index contributed by atoms with van der Waals surface area (Å²) in [6.07, 6.45) is 1.52. The number of carbonyl (C=O) groups is 1. The van der Waals surface area contributed by atoms with Crippen LogP contribution in [0.5, 0.6) is 17.6 Å². The molecule has 0 amide bonds. The molecule has 1 aromatic carbocycles. The second-order valence-corrected chi connectivity index (χ2v) is 4.75. The maximum absolute atomic E-state index is 10.9. The summed E-state index contributed by atoms with van der Waals surface area (Å²) in [6, 6.07) is 4.67. The molecule has 0 saturated heterocycles. The van der Waals surface area contributed by atoms with Crippen molar-refractivity contribution in [2.24, 2.45) is 0 Å². The number of halogens is 1. The second kappa shape index (κ2) is 5.87. The summed E-state index contributed by atoms with van der Waals surface area (Å²) in [5.74, 6) is -0.143. The van der Waals surface area contributed by atoms with Crippen LogP contribution in [0.4, 0.5) is 0 Å². The Morgan fingerprint density at radius 1 is 1.40 bits per heavy atom. The first-order valence-electron chi connectivity index (χ1n) is 5.59. The zero-order valence-corrected chi connectivity index (χ0v) is 12.3. The van der Waals surface area contributed by atoms with E-state index < -0.39 is 5.97 Å². The summed E-state index contributed by atoms with van der Waals surface area (Å²) in [7, 11) is 1.49. The summed E-state index contributed by atoms with van der Waals surface area (Å²) in [4.78, 5) is 18.9. The number of ether oxygens (including phenoxy) is 2. The van der Waals surface area contributed by atoms with E-state index in [4.69, 9.17) is 14.6 Å². The van der Waals surface area contributed by atoms with Gasteiger partial charge >= 0.3 is 12.0 Å². The van der Waals surface area contributed by atoms with Gasteiger partial charge in [-0.15, -0.1) is 0 Å². The van der Waals surface area contributed by atoms with Gasteiger partial charge in [0.25, 0.3) is 0 Å². The topological polar surface area (TPSA) is 81.5 Å². The first-order chi connectivity index (χ1) is 9.51. The molecule has 0 aliphatic carbocycles. The van der Waals surface area contributed by atoms with Gasteiger partial charge < -0.3 is 14.6 Å². The highest BCUT2D eigenvalue weighted by Crippen LogP contribution is 2.27. The minimum Gasteiger partial charge on any atom is -0.480 e. The molecule has 1 heterocycles. The standard InChI is InChI=1S/C13H11BrN2O4/c1-7-5-8(12(17)18)3-4-10(7)20-13-15-6-9(14)11(16-13)19-2/h3-6H,1-2H3,(H,17,18). The molecule has 1 N–H and O–H groups in total. The number of methoxy groups -OCH3 is 1. The third-order valence-electron chi connectivity index (χ3n) is 2.51. The van der Waals surface area contributed by atoms with E-state index in [2.05, 4.69) is 25.9 Å². The maximum Gasteiger partial charge on any atom is 0.335 e. The lowest BCUT2D eigenvalue weighted by Gasteiger charge is -2.09. The summed E-state index contributed by atoms with van der Waals surface area (Å²) in [6.45, 7) is 1.75. The predicted molar refractivity (Wildman–Crippen MR) is 74.5 cm³/mol. The van der Waals surface area contributed by atoms with Crippen LogP contribution in [0.25, 0.3) is 0 Å². The normalized spacial score (nSPS) is 10.2. The van der Waals surface area contributed by atoms with E-state index in [-0.39, 0.29) is 11.6 Å². The van der Waals surface area contributed by atoms with Crippen molar-refractivity contribution < 1.29 is 19.4 Å². The number of hydrogen-bond donors (Lipinski definition) is 1. The predicted octanol–water partition coefficient (Wildman–Crippen LogP) is 3.05. The fourth-order valence-electron chi connectivity index (χ4n) is 1.52. The molecule has 0 spiro atoms. The van der Waals surface area contributed by atoms with E-state index >= 15 is 0 Å². The molecule has 0 bridgehead atoms. The fraction of sp³-hybridized carbons (Fsp3) is 0.154. The van der Waals surface area contributed by atoms with Gasteiger partial charge in [0.2, 0.25) is 5.88 Å². The van der Waals surface area contributed by atoms with Crippen LogP contribution in [-0.4, -0.2) is 28.2 Å². The molecule has 0 radical (unpaired) electrons. The molecular weight excluding hydrogens is 328 g/mol. The van der Waals surface area contributed by atoms with Gasteiger partial charge in [0.15, 0.2) is 0 Å². The average molecular weight is 339 g/mol. The van der Waals surface area contributed by atoms with Crippen molar-refractivity contribution in [3.63, 3.8) is 0 Å². The zero-order chi connectivity index (χ0) is 14.7. The highest BCUT2D eigenvalue weighted by molar-refractivity contribution is 9.10. The summed E-state index contributed by atoms with van der Waals surface area (Å²) in [5, 5.41) is 8.90. The van der Waals surface area contributed by atoms with Crippen molar-refractivity contribution in [2.75, 3.05) is 7.11 Å². The number of carboxylic acid groups (broad SMARTS) is 1. The molecule has 2 rings (SSSR count). The Hall–Kier alpha value is -2.15. The van der Waals surface area contributed by atoms with Crippen molar-refractivity contribution in [1.29, 1.82) is 0 Å². The summed E-state index contributed by atoms with van der Waals surface area (Å²) in [5.41, 5.74) is 0.875. The van der Waals surface area contributed by atoms with Crippen LogP contribution in [0.3, 0.4) is 0 Å². The monoisotopic (exact) mass is 338 g/mol. The number of rotatable bonds is 4. The molecule has 20 heavy (non-hydrogen) atoms. The largest absolute Gasteiger partial charge is 0.480 e. The van der Waals surface area contributed by atoms with E-state index in [1.54, 1.807) is 13.0 Å². The number of aromatic nitrogens is 2. The van der Waals surface area contributed by atoms with Gasteiger partial charge in [-0.3, -0.25) is 0 Å². The van der Waals surface area contributed by atoms with Crippen LogP contribution < -0.4 is 9.47 Å². The molecule has 7 heteroatoms. The van der Waals surface area contributed by atoms with Gasteiger partial charge in [-0.1, -0.05) is 0 Å². The highest BCUT2D eigenvalue weighted by atomic mass is 79.9. The fourth-order valence-corrected chi connectivity index (χ4v) is 1.88. The quantitative estimate of drug-likeness (QED) is 0.922. The second-order valence-electron chi connectivity index (χ2n) is 3.90. The Labute approximate surface area is 123 Å². The van der Waals surface area contributed by atoms with E-state index in [1.807, 2.05) is 0 Å². The van der Waals surface area contributed by atoms with Crippen molar-refractivity contribution in [2.45, 2.75) is 6.92 Å². The molecule has 6 nitrogen and oxygen atoms in total. The number of carboxylic acids is 1. The lowest BCUT2D eigenvalue weighted by Crippen LogP contribution is -1.99. The zero-order valence-electron chi connectivity index (χ0n) is 10.8. The number of hydrogen-bond acceptors (Lipinski definition) is 5. The Balaban J connectivity index is 2.28. The third-order valence-corrected chi connectivity index (χ3v) is 3.05. The molecular formula is C13H11BrN2O4. The SMILES string of the molecule is COc1nc(Oc2ccc(C(=O)O)cc2C)ncc1Br. The van der Waals surface area contributed by atoms with Crippen molar-refractivity contribution in [3.05, 3.63) is 40.0 Å². The molecule has 0 aliphatic rings. The Kier molecular flexibility index (Phi) is 4.19. The molecule has 0 atom stereocenters. The van der Waals surface area contributed by atoms with Gasteiger partial charge in [0.1, 0.15) is 5.75 Å². The third kappa shape index (κ3) is 3.05. The van der Waals surface area contributed by atoms with Crippen LogP contribution in [0.2, 0.25) is 0 Å². The van der Waals surface area contributed by atoms with Crippen molar-refractivity contribution in [1.82, 2.24) is 9.97 Å². The molecule has 2 aromatic rings. The molecule has 104 valence electrons. The molecule has 0 fully saturated rings. The minimum atomic E-state index is -0.985. The smallest absolute Gasteiger partial charge is 0.335 e. The van der Waals surface area contributed by atoms with Gasteiger partial charge in [0.05, 0.1) is 23.3 Å². The summed E-state index contributed by atoms with van der Waals surface area (Å²) < 4.78 is 11.2. The average Bonchev–Trinajstić information content (AvgIpc) is 2.42. The van der Waals surface area contributed by atoms with Crippen LogP contribution in [0.1, 0.15) is 15.9 Å². The van der Waals surface area contributed by atoms with Crippen LogP contribution in [0.15, 0.2) is 28.9 Å². The number of nitrogens with zero attached hydrogens (tertiary/aromatic N) is 2. The van der Waals surface area contributed by atoms with Crippen LogP contribution >= 0.6 is 15.9 Å². The van der Waals surface area contributed by atoms with E-state index in [0.29, 0.717) is 21.7 Å². The molecule has 0 saturated carbocycles. The van der Waals surface area contributed by atoms with Gasteiger partial charge in [-0.25, -0.2) is 9.78 Å². The van der Waals surface area contributed by atoms with E-state index in [1.165, 1.54) is 25.4 Å². The van der Waals surface area contributed by atoms with Crippen LogP contribution in [-0.2, 0) is 0 Å². The first kappa shape index (κ1) is 14.3. The first-order valence-corrected chi connectivity index (χ1v) is 6.39. The molecule has 0 unspecified atom stereocenters. The highest BCUT2D eigenvalue weighted by Gasteiger charge is 2.10. The van der Waals surface area contributed by atoms with Crippen LogP contribution in [0, 0.1) is 6.92 Å². The molecule has 0 aliphatic heterocycles. The summed E-state index contributed by atoms with van der Waals surface area (Å²) >= 11 is 3.25. The van der Waals surface area contributed by atoms with Crippen molar-refractivity contribution >= 4 is 21.9 Å². The number of aryl methyl sites for hydroxylation is 1. The lowest BCUT2D eigenvalue weighted by atomic mass is 10.1. The van der Waals surface area contributed by atoms with Gasteiger partial charge in [0, 0.05) is 0 Å². The maximum atomic E-state index is 10.9. The van der Waals surface area contributed by atoms with Gasteiger partial charge in [-0.05, 0) is 46.6 Å².